The molecule has 0 saturated heterocycles. The second kappa shape index (κ2) is 6.28. The molecule has 0 aliphatic heterocycles. The first kappa shape index (κ1) is 14.4. The number of amides is 1. The molecule has 0 aliphatic carbocycles. The Morgan fingerprint density at radius 2 is 2.00 bits per heavy atom. The molecular formula is C12H17ClN2OS. The summed E-state index contributed by atoms with van der Waals surface area (Å²) < 4.78 is 0. The van der Waals surface area contributed by atoms with Crippen LogP contribution < -0.4 is 11.1 Å². The molecule has 1 rings (SSSR count). The first-order valence-corrected chi connectivity index (χ1v) is 6.82. The highest BCUT2D eigenvalue weighted by molar-refractivity contribution is 8.00. The number of nitrogens with two attached hydrogens (primary N) is 1. The first-order valence-electron chi connectivity index (χ1n) is 5.29. The lowest BCUT2D eigenvalue weighted by atomic mass is 10.1. The number of hydrogen-bond acceptors (Lipinski definition) is 3. The van der Waals surface area contributed by atoms with Crippen LogP contribution in [0.1, 0.15) is 13.8 Å². The quantitative estimate of drug-likeness (QED) is 0.867. The third-order valence-corrected chi connectivity index (χ3v) is 3.50. The molecule has 0 unspecified atom stereocenters. The number of benzene rings is 1. The summed E-state index contributed by atoms with van der Waals surface area (Å²) in [6, 6.07) is 7.04. The van der Waals surface area contributed by atoms with E-state index in [1.165, 1.54) is 11.8 Å². The van der Waals surface area contributed by atoms with Crippen LogP contribution in [0.2, 0.25) is 5.02 Å². The second-order valence-electron chi connectivity index (χ2n) is 4.54. The Balaban J connectivity index is 2.32. The molecule has 17 heavy (non-hydrogen) atoms. The Morgan fingerprint density at radius 3 is 2.53 bits per heavy atom. The van der Waals surface area contributed by atoms with Gasteiger partial charge in [-0.3, -0.25) is 4.79 Å². The average molecular weight is 273 g/mol. The van der Waals surface area contributed by atoms with E-state index in [0.717, 1.165) is 11.4 Å². The summed E-state index contributed by atoms with van der Waals surface area (Å²) in [7, 11) is 0. The van der Waals surface area contributed by atoms with Gasteiger partial charge in [0.1, 0.15) is 0 Å². The molecule has 0 aliphatic rings. The number of carbonyl (C=O) groups is 1. The minimum atomic E-state index is -0.245. The summed E-state index contributed by atoms with van der Waals surface area (Å²) >= 11 is 7.28. The van der Waals surface area contributed by atoms with Gasteiger partial charge in [0.05, 0.1) is 5.75 Å². The van der Waals surface area contributed by atoms with E-state index >= 15 is 0 Å². The maximum absolute atomic E-state index is 11.6. The predicted octanol–water partition coefficient (Wildman–Crippen LogP) is 2.75. The maximum atomic E-state index is 11.6. The molecule has 3 N–H and O–H groups in total. The highest BCUT2D eigenvalue weighted by Gasteiger charge is 2.11. The monoisotopic (exact) mass is 272 g/mol. The van der Waals surface area contributed by atoms with Crippen molar-refractivity contribution < 1.29 is 4.79 Å². The number of carbonyl (C=O) groups excluding carboxylic acids is 1. The number of nitrogens with one attached hydrogen (secondary N) is 1. The van der Waals surface area contributed by atoms with Crippen molar-refractivity contribution in [1.82, 2.24) is 0 Å². The lowest BCUT2D eigenvalue weighted by Gasteiger charge is -2.17. The number of halogens is 1. The third-order valence-electron chi connectivity index (χ3n) is 1.84. The first-order chi connectivity index (χ1) is 7.87. The lowest BCUT2D eigenvalue weighted by Crippen LogP contribution is -2.35. The van der Waals surface area contributed by atoms with Gasteiger partial charge in [0.15, 0.2) is 0 Å². The average Bonchev–Trinajstić information content (AvgIpc) is 2.19. The Morgan fingerprint density at radius 1 is 1.41 bits per heavy atom. The third kappa shape index (κ3) is 6.56. The molecule has 5 heteroatoms. The van der Waals surface area contributed by atoms with Crippen LogP contribution in [0.3, 0.4) is 0 Å². The molecule has 1 amide bonds. The van der Waals surface area contributed by atoms with E-state index in [1.807, 2.05) is 13.8 Å². The fourth-order valence-electron chi connectivity index (χ4n) is 1.14. The van der Waals surface area contributed by atoms with Gasteiger partial charge in [-0.05, 0) is 38.1 Å². The van der Waals surface area contributed by atoms with E-state index in [1.54, 1.807) is 24.3 Å². The van der Waals surface area contributed by atoms with Crippen molar-refractivity contribution in [2.75, 3.05) is 16.8 Å². The van der Waals surface area contributed by atoms with E-state index in [9.17, 15) is 4.79 Å². The Kier molecular flexibility index (Phi) is 5.31. The molecule has 0 atom stereocenters. The summed E-state index contributed by atoms with van der Waals surface area (Å²) in [5.41, 5.74) is 6.34. The van der Waals surface area contributed by atoms with Gasteiger partial charge >= 0.3 is 0 Å². The van der Waals surface area contributed by atoms with Crippen molar-refractivity contribution in [2.24, 2.45) is 5.73 Å². The standard InChI is InChI=1S/C12H17ClN2OS/c1-12(2,14)8-17-7-11(16)15-10-5-3-9(13)4-6-10/h3-6H,7-8,14H2,1-2H3,(H,15,16). The summed E-state index contributed by atoms with van der Waals surface area (Å²) in [5, 5.41) is 3.45. The molecule has 0 saturated carbocycles. The number of hydrogen-bond donors (Lipinski definition) is 2. The topological polar surface area (TPSA) is 55.1 Å². The fraction of sp³-hybridized carbons (Fsp3) is 0.417. The zero-order valence-electron chi connectivity index (χ0n) is 10.00. The van der Waals surface area contributed by atoms with Crippen LogP contribution in [0.5, 0.6) is 0 Å². The van der Waals surface area contributed by atoms with Gasteiger partial charge in [-0.1, -0.05) is 11.6 Å². The highest BCUT2D eigenvalue weighted by Crippen LogP contribution is 2.14. The van der Waals surface area contributed by atoms with Crippen LogP contribution in [0.4, 0.5) is 5.69 Å². The predicted molar refractivity (Wildman–Crippen MR) is 75.7 cm³/mol. The summed E-state index contributed by atoms with van der Waals surface area (Å²) in [6.45, 7) is 3.88. The molecule has 1 aromatic carbocycles. The van der Waals surface area contributed by atoms with E-state index in [0.29, 0.717) is 10.8 Å². The van der Waals surface area contributed by atoms with Crippen LogP contribution in [0, 0.1) is 0 Å². The van der Waals surface area contributed by atoms with Crippen molar-refractivity contribution in [3.8, 4) is 0 Å². The smallest absolute Gasteiger partial charge is 0.234 e. The zero-order valence-corrected chi connectivity index (χ0v) is 11.6. The van der Waals surface area contributed by atoms with E-state index in [2.05, 4.69) is 5.32 Å². The molecule has 0 aromatic heterocycles. The highest BCUT2D eigenvalue weighted by atomic mass is 35.5. The van der Waals surface area contributed by atoms with Gasteiger partial charge < -0.3 is 11.1 Å². The van der Waals surface area contributed by atoms with Crippen LogP contribution in [-0.2, 0) is 4.79 Å². The summed E-state index contributed by atoms with van der Waals surface area (Å²) in [5.74, 6) is 1.13. The van der Waals surface area contributed by atoms with Crippen molar-refractivity contribution in [3.63, 3.8) is 0 Å². The van der Waals surface area contributed by atoms with Gasteiger partial charge in [0, 0.05) is 22.0 Å². The summed E-state index contributed by atoms with van der Waals surface area (Å²) in [6.07, 6.45) is 0. The van der Waals surface area contributed by atoms with Crippen molar-refractivity contribution in [3.05, 3.63) is 29.3 Å². The fourth-order valence-corrected chi connectivity index (χ4v) is 2.15. The molecule has 94 valence electrons. The van der Waals surface area contributed by atoms with Crippen molar-refractivity contribution >= 4 is 35.0 Å². The Hall–Kier alpha value is -0.710. The molecular weight excluding hydrogens is 256 g/mol. The number of rotatable bonds is 5. The van der Waals surface area contributed by atoms with Crippen LogP contribution in [0.15, 0.2) is 24.3 Å². The Labute approximate surface area is 111 Å². The molecule has 3 nitrogen and oxygen atoms in total. The molecule has 0 heterocycles. The van der Waals surface area contributed by atoms with Crippen LogP contribution in [0.25, 0.3) is 0 Å². The minimum Gasteiger partial charge on any atom is -0.325 e. The Bertz CT molecular complexity index is 373. The molecule has 0 fully saturated rings. The molecule has 0 spiro atoms. The number of anilines is 1. The maximum Gasteiger partial charge on any atom is 0.234 e. The molecule has 0 radical (unpaired) electrons. The van der Waals surface area contributed by atoms with Gasteiger partial charge in [-0.2, -0.15) is 11.8 Å². The molecule has 0 bridgehead atoms. The zero-order chi connectivity index (χ0) is 12.9. The van der Waals surface area contributed by atoms with Crippen molar-refractivity contribution in [1.29, 1.82) is 0 Å². The lowest BCUT2D eigenvalue weighted by molar-refractivity contribution is -0.113. The molecule has 1 aromatic rings. The van der Waals surface area contributed by atoms with Gasteiger partial charge in [0.25, 0.3) is 0 Å². The minimum absolute atomic E-state index is 0.0263. The van der Waals surface area contributed by atoms with Gasteiger partial charge in [-0.15, -0.1) is 0 Å². The largest absolute Gasteiger partial charge is 0.325 e. The van der Waals surface area contributed by atoms with Gasteiger partial charge in [0.2, 0.25) is 5.91 Å². The van der Waals surface area contributed by atoms with E-state index < -0.39 is 0 Å². The summed E-state index contributed by atoms with van der Waals surface area (Å²) in [4.78, 5) is 11.6. The normalized spacial score (nSPS) is 11.3. The van der Waals surface area contributed by atoms with Crippen molar-refractivity contribution in [2.45, 2.75) is 19.4 Å². The van der Waals surface area contributed by atoms with Gasteiger partial charge in [-0.25, -0.2) is 0 Å². The van der Waals surface area contributed by atoms with E-state index in [4.69, 9.17) is 17.3 Å². The SMILES string of the molecule is CC(C)(N)CSCC(=O)Nc1ccc(Cl)cc1. The van der Waals surface area contributed by atoms with Crippen LogP contribution >= 0.6 is 23.4 Å². The van der Waals surface area contributed by atoms with Crippen LogP contribution in [-0.4, -0.2) is 23.0 Å². The number of thioether (sulfide) groups is 1. The van der Waals surface area contributed by atoms with E-state index in [-0.39, 0.29) is 11.4 Å². The second-order valence-corrected chi connectivity index (χ2v) is 5.96.